The third-order valence-corrected chi connectivity index (χ3v) is 4.13. The molecule has 1 nitrogen and oxygen atoms in total. The molecule has 0 unspecified atom stereocenters. The Hall–Kier alpha value is -0.560. The first-order valence-electron chi connectivity index (χ1n) is 6.49. The maximum atomic E-state index is 5.75. The van der Waals surface area contributed by atoms with E-state index in [1.165, 1.54) is 24.8 Å². The van der Waals surface area contributed by atoms with Gasteiger partial charge in [0, 0.05) is 0 Å². The van der Waals surface area contributed by atoms with Crippen molar-refractivity contribution in [1.82, 2.24) is 0 Å². The minimum atomic E-state index is 0.261. The minimum Gasteiger partial charge on any atom is -0.366 e. The molecule has 2 aliphatic rings. The van der Waals surface area contributed by atoms with Gasteiger partial charge < -0.3 is 4.74 Å². The molecule has 0 radical (unpaired) electrons. The molecular formula is C15H24O. The Morgan fingerprint density at radius 2 is 2.06 bits per heavy atom. The van der Waals surface area contributed by atoms with E-state index in [9.17, 15) is 0 Å². The number of fused-ring (bicyclic) bond motifs is 1. The van der Waals surface area contributed by atoms with Crippen LogP contribution >= 0.6 is 0 Å². The van der Waals surface area contributed by atoms with Gasteiger partial charge in [-0.1, -0.05) is 23.3 Å². The molecule has 1 heteroatoms. The average Bonchev–Trinajstić information content (AvgIpc) is 2.87. The van der Waals surface area contributed by atoms with Crippen molar-refractivity contribution in [2.24, 2.45) is 5.92 Å². The molecule has 16 heavy (non-hydrogen) atoms. The highest BCUT2D eigenvalue weighted by molar-refractivity contribution is 5.14. The van der Waals surface area contributed by atoms with Crippen molar-refractivity contribution >= 4 is 0 Å². The fourth-order valence-electron chi connectivity index (χ4n) is 2.71. The summed E-state index contributed by atoms with van der Waals surface area (Å²) in [7, 11) is 0. The van der Waals surface area contributed by atoms with E-state index in [-0.39, 0.29) is 5.60 Å². The van der Waals surface area contributed by atoms with Gasteiger partial charge in [0.15, 0.2) is 0 Å². The highest BCUT2D eigenvalue weighted by Gasteiger charge is 2.55. The molecule has 0 aromatic heterocycles. The third-order valence-electron chi connectivity index (χ3n) is 4.13. The Labute approximate surface area is 99.6 Å². The molecule has 0 bridgehead atoms. The molecule has 1 aliphatic heterocycles. The summed E-state index contributed by atoms with van der Waals surface area (Å²) in [6.07, 6.45) is 10.1. The fourth-order valence-corrected chi connectivity index (χ4v) is 2.71. The second-order valence-corrected chi connectivity index (χ2v) is 5.86. The van der Waals surface area contributed by atoms with Crippen LogP contribution in [-0.2, 0) is 4.74 Å². The van der Waals surface area contributed by atoms with Crippen LogP contribution in [0.5, 0.6) is 0 Å². The van der Waals surface area contributed by atoms with Crippen LogP contribution in [0.25, 0.3) is 0 Å². The molecule has 90 valence electrons. The van der Waals surface area contributed by atoms with Crippen LogP contribution in [0.2, 0.25) is 0 Å². The van der Waals surface area contributed by atoms with Crippen LogP contribution in [0.15, 0.2) is 23.3 Å². The summed E-state index contributed by atoms with van der Waals surface area (Å²) in [5.74, 6) is 0.770. The Kier molecular flexibility index (Phi) is 3.25. The van der Waals surface area contributed by atoms with E-state index in [0.717, 1.165) is 12.3 Å². The summed E-state index contributed by atoms with van der Waals surface area (Å²) in [5, 5.41) is 0. The Balaban J connectivity index is 1.86. The molecule has 2 rings (SSSR count). The van der Waals surface area contributed by atoms with Crippen LogP contribution in [-0.4, -0.2) is 11.7 Å². The summed E-state index contributed by atoms with van der Waals surface area (Å²) in [4.78, 5) is 0. The van der Waals surface area contributed by atoms with Gasteiger partial charge in [-0.15, -0.1) is 0 Å². The minimum absolute atomic E-state index is 0.261. The lowest BCUT2D eigenvalue weighted by Crippen LogP contribution is -2.21. The van der Waals surface area contributed by atoms with E-state index in [1.807, 2.05) is 0 Å². The van der Waals surface area contributed by atoms with Crippen molar-refractivity contribution in [2.75, 3.05) is 0 Å². The predicted molar refractivity (Wildman–Crippen MR) is 68.4 cm³/mol. The molecular weight excluding hydrogens is 196 g/mol. The first-order valence-corrected chi connectivity index (χ1v) is 6.49. The van der Waals surface area contributed by atoms with Gasteiger partial charge in [0.05, 0.1) is 11.7 Å². The van der Waals surface area contributed by atoms with Crippen LogP contribution in [0, 0.1) is 5.92 Å². The van der Waals surface area contributed by atoms with Crippen LogP contribution in [0.4, 0.5) is 0 Å². The average molecular weight is 220 g/mol. The maximum absolute atomic E-state index is 5.75. The lowest BCUT2D eigenvalue weighted by Gasteiger charge is -2.23. The van der Waals surface area contributed by atoms with E-state index < -0.39 is 0 Å². The molecule has 1 saturated carbocycles. The van der Waals surface area contributed by atoms with E-state index in [0.29, 0.717) is 6.10 Å². The zero-order valence-corrected chi connectivity index (χ0v) is 11.0. The second kappa shape index (κ2) is 4.37. The summed E-state index contributed by atoms with van der Waals surface area (Å²) in [6.45, 7) is 8.87. The number of rotatable bonds is 3. The molecule has 1 aliphatic carbocycles. The quantitative estimate of drug-likeness (QED) is 0.512. The van der Waals surface area contributed by atoms with Crippen LogP contribution < -0.4 is 0 Å². The number of ether oxygens (including phenoxy) is 1. The van der Waals surface area contributed by atoms with Crippen LogP contribution in [0.3, 0.4) is 0 Å². The summed E-state index contributed by atoms with van der Waals surface area (Å²) in [6, 6.07) is 0. The highest BCUT2D eigenvalue weighted by Crippen LogP contribution is 2.50. The maximum Gasteiger partial charge on any atom is 0.0920 e. The SMILES string of the molecule is CC(C)=CC/C=C(/C)[C@H]1CC[C@@]2(C)O[C@H]2C1. The molecule has 0 amide bonds. The first kappa shape index (κ1) is 11.9. The lowest BCUT2D eigenvalue weighted by atomic mass is 9.79. The van der Waals surface area contributed by atoms with E-state index in [1.54, 1.807) is 5.57 Å². The lowest BCUT2D eigenvalue weighted by molar-refractivity contribution is 0.303. The van der Waals surface area contributed by atoms with Gasteiger partial charge in [0.1, 0.15) is 0 Å². The number of hydrogen-bond donors (Lipinski definition) is 0. The third kappa shape index (κ3) is 2.57. The number of hydrogen-bond acceptors (Lipinski definition) is 1. The number of epoxide rings is 1. The first-order chi connectivity index (χ1) is 7.51. The van der Waals surface area contributed by atoms with Gasteiger partial charge in [-0.05, 0) is 59.3 Å². The molecule has 0 spiro atoms. The molecule has 0 aromatic rings. The molecule has 0 N–H and O–H groups in total. The van der Waals surface area contributed by atoms with Crippen molar-refractivity contribution in [1.29, 1.82) is 0 Å². The van der Waals surface area contributed by atoms with Gasteiger partial charge in [-0.25, -0.2) is 0 Å². The topological polar surface area (TPSA) is 12.5 Å². The van der Waals surface area contributed by atoms with Crippen molar-refractivity contribution in [3.63, 3.8) is 0 Å². The summed E-state index contributed by atoms with van der Waals surface area (Å²) >= 11 is 0. The predicted octanol–water partition coefficient (Wildman–Crippen LogP) is 4.25. The van der Waals surface area contributed by atoms with Crippen molar-refractivity contribution in [3.8, 4) is 0 Å². The Morgan fingerprint density at radius 1 is 1.31 bits per heavy atom. The highest BCUT2D eigenvalue weighted by atomic mass is 16.6. The van der Waals surface area contributed by atoms with E-state index in [4.69, 9.17) is 4.74 Å². The van der Waals surface area contributed by atoms with Gasteiger partial charge >= 0.3 is 0 Å². The van der Waals surface area contributed by atoms with Gasteiger partial charge in [-0.3, -0.25) is 0 Å². The zero-order valence-electron chi connectivity index (χ0n) is 11.0. The smallest absolute Gasteiger partial charge is 0.0920 e. The molecule has 1 saturated heterocycles. The monoisotopic (exact) mass is 220 g/mol. The summed E-state index contributed by atoms with van der Waals surface area (Å²) in [5.41, 5.74) is 3.23. The molecule has 1 heterocycles. The van der Waals surface area contributed by atoms with Crippen LogP contribution in [0.1, 0.15) is 53.4 Å². The second-order valence-electron chi connectivity index (χ2n) is 5.86. The Morgan fingerprint density at radius 3 is 2.69 bits per heavy atom. The van der Waals surface area contributed by atoms with E-state index in [2.05, 4.69) is 39.8 Å². The standard InChI is InChI=1S/C15H24O/c1-11(2)6-5-7-12(3)13-8-9-15(4)14(10-13)16-15/h6-7,13-14H,5,8-10H2,1-4H3/b12-7-/t13-,14-,15+/m0/s1. The van der Waals surface area contributed by atoms with E-state index >= 15 is 0 Å². The van der Waals surface area contributed by atoms with Gasteiger partial charge in [0.25, 0.3) is 0 Å². The summed E-state index contributed by atoms with van der Waals surface area (Å²) < 4.78 is 5.75. The normalized spacial score (nSPS) is 37.9. The fraction of sp³-hybridized carbons (Fsp3) is 0.733. The number of allylic oxidation sites excluding steroid dienone is 4. The van der Waals surface area contributed by atoms with Gasteiger partial charge in [-0.2, -0.15) is 0 Å². The largest absolute Gasteiger partial charge is 0.366 e. The van der Waals surface area contributed by atoms with Crippen molar-refractivity contribution in [3.05, 3.63) is 23.3 Å². The zero-order chi connectivity index (χ0) is 11.8. The van der Waals surface area contributed by atoms with Gasteiger partial charge in [0.2, 0.25) is 0 Å². The molecule has 0 aromatic carbocycles. The Bertz CT molecular complexity index is 322. The molecule has 3 atom stereocenters. The van der Waals surface area contributed by atoms with Crippen molar-refractivity contribution < 1.29 is 4.74 Å². The van der Waals surface area contributed by atoms with Crippen molar-refractivity contribution in [2.45, 2.75) is 65.1 Å². The molecule has 2 fully saturated rings.